The van der Waals surface area contributed by atoms with E-state index >= 15 is 0 Å². The first kappa shape index (κ1) is 12.9. The average Bonchev–Trinajstić information content (AvgIpc) is 2.28. The van der Waals surface area contributed by atoms with Crippen molar-refractivity contribution in [3.05, 3.63) is 17.0 Å². The number of nitrogens with one attached hydrogen (secondary N) is 1. The van der Waals surface area contributed by atoms with Crippen LogP contribution in [0.15, 0.2) is 6.33 Å². The predicted molar refractivity (Wildman–Crippen MR) is 65.0 cm³/mol. The van der Waals surface area contributed by atoms with Gasteiger partial charge in [0.25, 0.3) is 0 Å². The van der Waals surface area contributed by atoms with Crippen LogP contribution in [0.4, 0.5) is 5.82 Å². The number of carbonyl (C=O) groups is 1. The van der Waals surface area contributed by atoms with Crippen molar-refractivity contribution in [1.82, 2.24) is 9.97 Å². The summed E-state index contributed by atoms with van der Waals surface area (Å²) >= 11 is 5.80. The van der Waals surface area contributed by atoms with Gasteiger partial charge in [0, 0.05) is 6.04 Å². The third-order valence-corrected chi connectivity index (χ3v) is 3.12. The molecule has 2 atom stereocenters. The van der Waals surface area contributed by atoms with E-state index < -0.39 is 0 Å². The van der Waals surface area contributed by atoms with Gasteiger partial charge in [0.2, 0.25) is 0 Å². The molecule has 1 N–H and O–H groups in total. The first-order valence-corrected chi connectivity index (χ1v) is 5.70. The third-order valence-electron chi connectivity index (χ3n) is 2.82. The lowest BCUT2D eigenvalue weighted by Crippen LogP contribution is -2.24. The van der Waals surface area contributed by atoms with Gasteiger partial charge in [-0.2, -0.15) is 0 Å². The van der Waals surface area contributed by atoms with Crippen LogP contribution >= 0.6 is 11.6 Å². The topological polar surface area (TPSA) is 54.9 Å². The quantitative estimate of drug-likeness (QED) is 0.636. The minimum atomic E-state index is 0.184. The van der Waals surface area contributed by atoms with Crippen molar-refractivity contribution >= 4 is 23.7 Å². The van der Waals surface area contributed by atoms with Crippen molar-refractivity contribution in [2.75, 3.05) is 5.32 Å². The maximum Gasteiger partial charge on any atom is 0.156 e. The van der Waals surface area contributed by atoms with Gasteiger partial charge in [0.1, 0.15) is 17.3 Å². The lowest BCUT2D eigenvalue weighted by molar-refractivity contribution is 0.112. The summed E-state index contributed by atoms with van der Waals surface area (Å²) in [4.78, 5) is 18.7. The molecule has 0 aromatic carbocycles. The fourth-order valence-electron chi connectivity index (χ4n) is 1.31. The number of aldehydes is 1. The molecule has 16 heavy (non-hydrogen) atoms. The molecule has 0 aliphatic heterocycles. The smallest absolute Gasteiger partial charge is 0.156 e. The monoisotopic (exact) mass is 241 g/mol. The van der Waals surface area contributed by atoms with Crippen molar-refractivity contribution in [3.8, 4) is 0 Å². The van der Waals surface area contributed by atoms with Crippen LogP contribution in [-0.2, 0) is 0 Å². The molecule has 0 bridgehead atoms. The molecule has 0 saturated carbocycles. The molecule has 0 aliphatic carbocycles. The zero-order valence-electron chi connectivity index (χ0n) is 9.70. The van der Waals surface area contributed by atoms with Gasteiger partial charge in [0.15, 0.2) is 6.29 Å². The Morgan fingerprint density at radius 2 is 2.19 bits per heavy atom. The fourth-order valence-corrected chi connectivity index (χ4v) is 1.48. The highest BCUT2D eigenvalue weighted by Gasteiger charge is 2.14. The molecule has 1 rings (SSSR count). The summed E-state index contributed by atoms with van der Waals surface area (Å²) in [6.07, 6.45) is 3.08. The van der Waals surface area contributed by atoms with Gasteiger partial charge in [-0.15, -0.1) is 0 Å². The van der Waals surface area contributed by atoms with Crippen molar-refractivity contribution in [2.24, 2.45) is 5.92 Å². The van der Waals surface area contributed by atoms with Gasteiger partial charge in [-0.1, -0.05) is 31.9 Å². The molecule has 0 fully saturated rings. The summed E-state index contributed by atoms with van der Waals surface area (Å²) in [5.74, 6) is 0.996. The number of carbonyl (C=O) groups excluding carboxylic acids is 1. The van der Waals surface area contributed by atoms with E-state index in [1.807, 2.05) is 0 Å². The molecule has 4 nitrogen and oxygen atoms in total. The highest BCUT2D eigenvalue weighted by atomic mass is 35.5. The number of nitrogens with zero attached hydrogens (tertiary/aromatic N) is 2. The van der Waals surface area contributed by atoms with E-state index in [2.05, 4.69) is 36.1 Å². The second-order valence-electron chi connectivity index (χ2n) is 3.86. The lowest BCUT2D eigenvalue weighted by atomic mass is 10.0. The van der Waals surface area contributed by atoms with E-state index in [0.717, 1.165) is 6.42 Å². The van der Waals surface area contributed by atoms with E-state index in [1.165, 1.54) is 6.33 Å². The average molecular weight is 242 g/mol. The Labute approximate surface area is 100 Å². The number of hydrogen-bond donors (Lipinski definition) is 1. The van der Waals surface area contributed by atoms with Gasteiger partial charge in [-0.05, 0) is 12.8 Å². The van der Waals surface area contributed by atoms with Crippen LogP contribution in [0.2, 0.25) is 5.15 Å². The van der Waals surface area contributed by atoms with Crippen molar-refractivity contribution in [3.63, 3.8) is 0 Å². The number of aromatic nitrogens is 2. The SMILES string of the molecule is CCC(C)C(C)Nc1ncnc(Cl)c1C=O. The predicted octanol–water partition coefficient (Wildman–Crippen LogP) is 2.79. The fraction of sp³-hybridized carbons (Fsp3) is 0.545. The van der Waals surface area contributed by atoms with E-state index in [1.54, 1.807) is 0 Å². The second kappa shape index (κ2) is 5.80. The van der Waals surface area contributed by atoms with Crippen LogP contribution < -0.4 is 5.32 Å². The molecule has 1 aromatic rings. The molecular weight excluding hydrogens is 226 g/mol. The Morgan fingerprint density at radius 3 is 2.75 bits per heavy atom. The largest absolute Gasteiger partial charge is 0.367 e. The Balaban J connectivity index is 2.88. The van der Waals surface area contributed by atoms with E-state index in [9.17, 15) is 4.79 Å². The second-order valence-corrected chi connectivity index (χ2v) is 4.22. The number of rotatable bonds is 5. The molecule has 1 heterocycles. The van der Waals surface area contributed by atoms with E-state index in [-0.39, 0.29) is 11.2 Å². The van der Waals surface area contributed by atoms with Gasteiger partial charge < -0.3 is 5.32 Å². The first-order chi connectivity index (χ1) is 7.60. The van der Waals surface area contributed by atoms with Crippen LogP contribution in [0.25, 0.3) is 0 Å². The van der Waals surface area contributed by atoms with Crippen LogP contribution in [-0.4, -0.2) is 22.3 Å². The summed E-state index contributed by atoms with van der Waals surface area (Å²) in [6.45, 7) is 6.32. The number of hydrogen-bond acceptors (Lipinski definition) is 4. The summed E-state index contributed by atoms with van der Waals surface area (Å²) in [7, 11) is 0. The molecule has 1 aromatic heterocycles. The summed E-state index contributed by atoms with van der Waals surface area (Å²) in [5, 5.41) is 3.37. The zero-order chi connectivity index (χ0) is 12.1. The van der Waals surface area contributed by atoms with Gasteiger partial charge >= 0.3 is 0 Å². The minimum Gasteiger partial charge on any atom is -0.367 e. The van der Waals surface area contributed by atoms with Crippen LogP contribution in [0, 0.1) is 5.92 Å². The zero-order valence-corrected chi connectivity index (χ0v) is 10.5. The van der Waals surface area contributed by atoms with Crippen molar-refractivity contribution in [1.29, 1.82) is 0 Å². The van der Waals surface area contributed by atoms with Crippen molar-refractivity contribution in [2.45, 2.75) is 33.2 Å². The summed E-state index contributed by atoms with van der Waals surface area (Å²) in [6, 6.07) is 0.231. The third kappa shape index (κ3) is 2.92. The van der Waals surface area contributed by atoms with Gasteiger partial charge in [-0.25, -0.2) is 9.97 Å². The Hall–Kier alpha value is -1.16. The maximum atomic E-state index is 10.9. The van der Waals surface area contributed by atoms with E-state index in [0.29, 0.717) is 23.6 Å². The molecule has 0 aliphatic rings. The molecule has 0 radical (unpaired) electrons. The first-order valence-electron chi connectivity index (χ1n) is 5.32. The van der Waals surface area contributed by atoms with Crippen LogP contribution in [0.1, 0.15) is 37.6 Å². The van der Waals surface area contributed by atoms with Crippen molar-refractivity contribution < 1.29 is 4.79 Å². The Morgan fingerprint density at radius 1 is 1.50 bits per heavy atom. The molecule has 5 heteroatoms. The van der Waals surface area contributed by atoms with Crippen LogP contribution in [0.3, 0.4) is 0 Å². The lowest BCUT2D eigenvalue weighted by Gasteiger charge is -2.21. The highest BCUT2D eigenvalue weighted by Crippen LogP contribution is 2.20. The Kier molecular flexibility index (Phi) is 4.68. The maximum absolute atomic E-state index is 10.9. The Bertz CT molecular complexity index is 370. The number of anilines is 1. The summed E-state index contributed by atoms with van der Waals surface area (Å²) < 4.78 is 0. The van der Waals surface area contributed by atoms with Gasteiger partial charge in [-0.3, -0.25) is 4.79 Å². The normalized spacial score (nSPS) is 14.2. The molecular formula is C11H16ClN3O. The van der Waals surface area contributed by atoms with Gasteiger partial charge in [0.05, 0.1) is 5.56 Å². The van der Waals surface area contributed by atoms with E-state index in [4.69, 9.17) is 11.6 Å². The molecule has 88 valence electrons. The standard InChI is InChI=1S/C11H16ClN3O/c1-4-7(2)8(3)15-11-9(5-16)10(12)13-6-14-11/h5-8H,4H2,1-3H3,(H,13,14,15). The molecule has 0 amide bonds. The van der Waals surface area contributed by atoms with Crippen LogP contribution in [0.5, 0.6) is 0 Å². The molecule has 0 saturated heterocycles. The number of halogens is 1. The minimum absolute atomic E-state index is 0.184. The highest BCUT2D eigenvalue weighted by molar-refractivity contribution is 6.32. The molecule has 0 spiro atoms. The molecule has 2 unspecified atom stereocenters. The summed E-state index contributed by atoms with van der Waals surface area (Å²) in [5.41, 5.74) is 0.319.